The SMILES string of the molecule is Cc1nc(C(=O)Nc2cccc(CN)c2)n[nH]1. The standard InChI is InChI=1S/C11H13N5O/c1-7-13-10(16-15-7)11(17)14-9-4-2-3-8(5-9)6-12/h2-5H,6,12H2,1H3,(H,14,17)(H,13,15,16). The van der Waals surface area contributed by atoms with E-state index in [0.717, 1.165) is 5.56 Å². The van der Waals surface area contributed by atoms with Crippen LogP contribution in [0.15, 0.2) is 24.3 Å². The average Bonchev–Trinajstić information content (AvgIpc) is 2.76. The van der Waals surface area contributed by atoms with Crippen LogP contribution >= 0.6 is 0 Å². The van der Waals surface area contributed by atoms with Crippen molar-refractivity contribution in [1.82, 2.24) is 15.2 Å². The number of amides is 1. The van der Waals surface area contributed by atoms with Crippen molar-refractivity contribution in [2.45, 2.75) is 13.5 Å². The molecule has 0 bridgehead atoms. The summed E-state index contributed by atoms with van der Waals surface area (Å²) in [6.45, 7) is 2.17. The van der Waals surface area contributed by atoms with Crippen LogP contribution in [0.5, 0.6) is 0 Å². The Kier molecular flexibility index (Phi) is 3.15. The second-order valence-corrected chi connectivity index (χ2v) is 3.60. The van der Waals surface area contributed by atoms with Gasteiger partial charge < -0.3 is 11.1 Å². The molecule has 6 heteroatoms. The third kappa shape index (κ3) is 2.67. The van der Waals surface area contributed by atoms with Crippen molar-refractivity contribution in [2.24, 2.45) is 5.73 Å². The first-order valence-corrected chi connectivity index (χ1v) is 5.18. The number of nitrogens with two attached hydrogens (primary N) is 1. The average molecular weight is 231 g/mol. The summed E-state index contributed by atoms with van der Waals surface area (Å²) < 4.78 is 0. The molecule has 1 aromatic heterocycles. The van der Waals surface area contributed by atoms with Gasteiger partial charge in [0.15, 0.2) is 0 Å². The van der Waals surface area contributed by atoms with Gasteiger partial charge in [0.2, 0.25) is 5.82 Å². The van der Waals surface area contributed by atoms with Gasteiger partial charge in [-0.2, -0.15) is 0 Å². The van der Waals surface area contributed by atoms with Crippen molar-refractivity contribution < 1.29 is 4.79 Å². The fourth-order valence-electron chi connectivity index (χ4n) is 1.41. The summed E-state index contributed by atoms with van der Waals surface area (Å²) in [5.74, 6) is 0.384. The summed E-state index contributed by atoms with van der Waals surface area (Å²) in [6.07, 6.45) is 0. The van der Waals surface area contributed by atoms with Crippen LogP contribution in [0.2, 0.25) is 0 Å². The molecule has 17 heavy (non-hydrogen) atoms. The van der Waals surface area contributed by atoms with Crippen molar-refractivity contribution in [3.05, 3.63) is 41.5 Å². The number of carbonyl (C=O) groups excluding carboxylic acids is 1. The fraction of sp³-hybridized carbons (Fsp3) is 0.182. The molecule has 0 aliphatic rings. The second-order valence-electron chi connectivity index (χ2n) is 3.60. The second kappa shape index (κ2) is 4.75. The van der Waals surface area contributed by atoms with Gasteiger partial charge >= 0.3 is 0 Å². The van der Waals surface area contributed by atoms with Crippen molar-refractivity contribution in [2.75, 3.05) is 5.32 Å². The maximum absolute atomic E-state index is 11.7. The molecule has 0 aliphatic carbocycles. The third-order valence-electron chi connectivity index (χ3n) is 2.22. The normalized spacial score (nSPS) is 10.2. The van der Waals surface area contributed by atoms with Gasteiger partial charge in [0.1, 0.15) is 5.82 Å². The van der Waals surface area contributed by atoms with E-state index < -0.39 is 0 Å². The molecule has 1 heterocycles. The van der Waals surface area contributed by atoms with E-state index in [1.54, 1.807) is 13.0 Å². The first-order valence-electron chi connectivity index (χ1n) is 5.18. The Balaban J connectivity index is 2.12. The maximum atomic E-state index is 11.7. The van der Waals surface area contributed by atoms with Gasteiger partial charge in [-0.15, -0.1) is 5.10 Å². The number of nitrogens with one attached hydrogen (secondary N) is 2. The summed E-state index contributed by atoms with van der Waals surface area (Å²) in [6, 6.07) is 7.33. The van der Waals surface area contributed by atoms with Gasteiger partial charge in [0.25, 0.3) is 5.91 Å². The summed E-state index contributed by atoms with van der Waals surface area (Å²) >= 11 is 0. The lowest BCUT2D eigenvalue weighted by Gasteiger charge is -2.04. The predicted molar refractivity (Wildman–Crippen MR) is 63.4 cm³/mol. The molecule has 2 rings (SSSR count). The Labute approximate surface area is 98.3 Å². The van der Waals surface area contributed by atoms with Gasteiger partial charge in [-0.25, -0.2) is 4.98 Å². The lowest BCUT2D eigenvalue weighted by atomic mass is 10.2. The number of nitrogens with zero attached hydrogens (tertiary/aromatic N) is 2. The number of benzene rings is 1. The molecule has 1 amide bonds. The molecule has 0 spiro atoms. The zero-order chi connectivity index (χ0) is 12.3. The molecule has 0 fully saturated rings. The van der Waals surface area contributed by atoms with Crippen LogP contribution in [-0.2, 0) is 6.54 Å². The van der Waals surface area contributed by atoms with Gasteiger partial charge in [-0.3, -0.25) is 9.89 Å². The Hall–Kier alpha value is -2.21. The number of anilines is 1. The summed E-state index contributed by atoms with van der Waals surface area (Å²) in [4.78, 5) is 15.7. The highest BCUT2D eigenvalue weighted by atomic mass is 16.2. The molecule has 0 atom stereocenters. The molecular weight excluding hydrogens is 218 g/mol. The van der Waals surface area contributed by atoms with Crippen LogP contribution in [0.25, 0.3) is 0 Å². The fourth-order valence-corrected chi connectivity index (χ4v) is 1.41. The highest BCUT2D eigenvalue weighted by Crippen LogP contribution is 2.10. The van der Waals surface area contributed by atoms with E-state index in [1.807, 2.05) is 18.2 Å². The highest BCUT2D eigenvalue weighted by molar-refractivity contribution is 6.01. The molecule has 0 radical (unpaired) electrons. The van der Waals surface area contributed by atoms with Crippen LogP contribution in [0.4, 0.5) is 5.69 Å². The van der Waals surface area contributed by atoms with Crippen LogP contribution in [0, 0.1) is 6.92 Å². The smallest absolute Gasteiger partial charge is 0.295 e. The zero-order valence-corrected chi connectivity index (χ0v) is 9.40. The number of rotatable bonds is 3. The molecular formula is C11H13N5O. The first kappa shape index (κ1) is 11.3. The van der Waals surface area contributed by atoms with Gasteiger partial charge in [-0.1, -0.05) is 12.1 Å². The van der Waals surface area contributed by atoms with E-state index in [9.17, 15) is 4.79 Å². The Morgan fingerprint density at radius 2 is 2.35 bits per heavy atom. The topological polar surface area (TPSA) is 96.7 Å². The van der Waals surface area contributed by atoms with Crippen LogP contribution in [0.3, 0.4) is 0 Å². The molecule has 2 aromatic rings. The molecule has 1 aromatic carbocycles. The molecule has 88 valence electrons. The quantitative estimate of drug-likeness (QED) is 0.728. The molecule has 6 nitrogen and oxygen atoms in total. The van der Waals surface area contributed by atoms with Crippen LogP contribution in [0.1, 0.15) is 22.0 Å². The number of hydrogen-bond donors (Lipinski definition) is 3. The summed E-state index contributed by atoms with van der Waals surface area (Å²) in [5.41, 5.74) is 7.16. The van der Waals surface area contributed by atoms with Crippen LogP contribution in [-0.4, -0.2) is 21.1 Å². The maximum Gasteiger partial charge on any atom is 0.295 e. The van der Waals surface area contributed by atoms with E-state index in [0.29, 0.717) is 18.1 Å². The number of carbonyl (C=O) groups is 1. The van der Waals surface area contributed by atoms with E-state index in [1.165, 1.54) is 0 Å². The Morgan fingerprint density at radius 3 is 3.00 bits per heavy atom. The zero-order valence-electron chi connectivity index (χ0n) is 9.40. The molecule has 0 saturated heterocycles. The lowest BCUT2D eigenvalue weighted by molar-refractivity contribution is 0.101. The molecule has 4 N–H and O–H groups in total. The molecule has 0 unspecified atom stereocenters. The van der Waals surface area contributed by atoms with Crippen LogP contribution < -0.4 is 11.1 Å². The Morgan fingerprint density at radius 1 is 1.53 bits per heavy atom. The summed E-state index contributed by atoms with van der Waals surface area (Å²) in [7, 11) is 0. The van der Waals surface area contributed by atoms with E-state index >= 15 is 0 Å². The number of aromatic amines is 1. The predicted octanol–water partition coefficient (Wildman–Crippen LogP) is 0.824. The molecule has 0 aliphatic heterocycles. The van der Waals surface area contributed by atoms with Crippen molar-refractivity contribution in [3.63, 3.8) is 0 Å². The number of aromatic nitrogens is 3. The van der Waals surface area contributed by atoms with Crippen molar-refractivity contribution in [3.8, 4) is 0 Å². The minimum absolute atomic E-state index is 0.126. The van der Waals surface area contributed by atoms with E-state index in [-0.39, 0.29) is 11.7 Å². The highest BCUT2D eigenvalue weighted by Gasteiger charge is 2.11. The van der Waals surface area contributed by atoms with Crippen molar-refractivity contribution >= 4 is 11.6 Å². The van der Waals surface area contributed by atoms with Crippen molar-refractivity contribution in [1.29, 1.82) is 0 Å². The molecule has 0 saturated carbocycles. The van der Waals surface area contributed by atoms with E-state index in [2.05, 4.69) is 20.5 Å². The first-order chi connectivity index (χ1) is 8.19. The van der Waals surface area contributed by atoms with Gasteiger partial charge in [-0.05, 0) is 24.6 Å². The van der Waals surface area contributed by atoms with E-state index in [4.69, 9.17) is 5.73 Å². The largest absolute Gasteiger partial charge is 0.326 e. The number of aryl methyl sites for hydroxylation is 1. The minimum Gasteiger partial charge on any atom is -0.326 e. The summed E-state index contributed by atoms with van der Waals surface area (Å²) in [5, 5.41) is 9.10. The monoisotopic (exact) mass is 231 g/mol. The number of hydrogen-bond acceptors (Lipinski definition) is 4. The Bertz CT molecular complexity index is 534. The number of H-pyrrole nitrogens is 1. The third-order valence-corrected chi connectivity index (χ3v) is 2.22. The lowest BCUT2D eigenvalue weighted by Crippen LogP contribution is -2.14. The minimum atomic E-state index is -0.344. The van der Waals surface area contributed by atoms with Gasteiger partial charge in [0, 0.05) is 12.2 Å². The van der Waals surface area contributed by atoms with Gasteiger partial charge in [0.05, 0.1) is 0 Å².